The lowest BCUT2D eigenvalue weighted by atomic mass is 9.96. The zero-order chi connectivity index (χ0) is 23.0. The summed E-state index contributed by atoms with van der Waals surface area (Å²) in [5.74, 6) is -0.0524. The van der Waals surface area contributed by atoms with Gasteiger partial charge in [0.05, 0.1) is 17.9 Å². The molecule has 2 amide bonds. The first-order chi connectivity index (χ1) is 15.1. The Hall–Kier alpha value is -2.94. The molecule has 0 aliphatic carbocycles. The molecule has 4 rings (SSSR count). The molecule has 2 aromatic rings. The van der Waals surface area contributed by atoms with E-state index in [-0.39, 0.29) is 23.8 Å². The van der Waals surface area contributed by atoms with Crippen molar-refractivity contribution >= 4 is 33.3 Å². The van der Waals surface area contributed by atoms with Gasteiger partial charge in [-0.15, -0.1) is 0 Å². The monoisotopic (exact) mass is 456 g/mol. The topological polar surface area (TPSA) is 99.7 Å². The van der Waals surface area contributed by atoms with Gasteiger partial charge in [0.15, 0.2) is 0 Å². The number of carbonyl (C=O) groups excluding carboxylic acids is 2. The molecule has 0 saturated carbocycles. The second-order valence-electron chi connectivity index (χ2n) is 8.70. The smallest absolute Gasteiger partial charge is 0.253 e. The van der Waals surface area contributed by atoms with Gasteiger partial charge in [0.2, 0.25) is 15.9 Å². The number of aryl methyl sites for hydroxylation is 1. The van der Waals surface area contributed by atoms with Crippen LogP contribution in [0, 0.1) is 12.8 Å². The molecule has 8 nitrogen and oxygen atoms in total. The van der Waals surface area contributed by atoms with Gasteiger partial charge < -0.3 is 10.2 Å². The minimum absolute atomic E-state index is 0.132. The van der Waals surface area contributed by atoms with E-state index in [2.05, 4.69) is 10.3 Å². The Morgan fingerprint density at radius 3 is 2.69 bits per heavy atom. The molecular weight excluding hydrogens is 428 g/mol. The maximum absolute atomic E-state index is 13.2. The highest BCUT2D eigenvalue weighted by Crippen LogP contribution is 2.35. The molecule has 1 aromatic carbocycles. The molecule has 2 atom stereocenters. The second-order valence-corrected chi connectivity index (χ2v) is 10.6. The van der Waals surface area contributed by atoms with Gasteiger partial charge in [-0.25, -0.2) is 13.4 Å². The van der Waals surface area contributed by atoms with Crippen LogP contribution in [0.25, 0.3) is 0 Å². The van der Waals surface area contributed by atoms with Crippen LogP contribution in [-0.4, -0.2) is 55.5 Å². The van der Waals surface area contributed by atoms with E-state index in [4.69, 9.17) is 0 Å². The molecule has 1 fully saturated rings. The fourth-order valence-corrected chi connectivity index (χ4v) is 5.90. The number of rotatable bonds is 4. The molecule has 9 heteroatoms. The molecule has 170 valence electrons. The lowest BCUT2D eigenvalue weighted by molar-refractivity contribution is -0.121. The molecule has 1 saturated heterocycles. The highest BCUT2D eigenvalue weighted by molar-refractivity contribution is 7.92. The Morgan fingerprint density at radius 1 is 1.19 bits per heavy atom. The van der Waals surface area contributed by atoms with Crippen molar-refractivity contribution in [1.29, 1.82) is 0 Å². The van der Waals surface area contributed by atoms with Crippen molar-refractivity contribution in [2.75, 3.05) is 29.0 Å². The Labute approximate surface area is 188 Å². The number of piperidine rings is 1. The van der Waals surface area contributed by atoms with Crippen molar-refractivity contribution in [3.05, 3.63) is 53.2 Å². The standard InChI is InChI=1S/C23H28N4O4S/c1-15-6-4-8-21(24-15)25-22(28)18-7-5-11-26(14-18)23(29)17-9-10-20-19(13-17)12-16(2)27(20)32(3,30)31/h4,6,8-10,13,16,18H,5,7,11-12,14H2,1-3H3,(H,24,25,28). The van der Waals surface area contributed by atoms with Crippen molar-refractivity contribution in [1.82, 2.24) is 9.88 Å². The number of aromatic nitrogens is 1. The van der Waals surface area contributed by atoms with Gasteiger partial charge in [0.1, 0.15) is 5.82 Å². The van der Waals surface area contributed by atoms with Crippen molar-refractivity contribution in [3.8, 4) is 0 Å². The van der Waals surface area contributed by atoms with Crippen LogP contribution in [-0.2, 0) is 21.2 Å². The Bertz CT molecular complexity index is 1160. The van der Waals surface area contributed by atoms with Crippen LogP contribution in [0.2, 0.25) is 0 Å². The fourth-order valence-electron chi connectivity index (χ4n) is 4.64. The maximum atomic E-state index is 13.2. The average Bonchev–Trinajstić information content (AvgIpc) is 3.08. The van der Waals surface area contributed by atoms with E-state index in [1.165, 1.54) is 10.6 Å². The largest absolute Gasteiger partial charge is 0.338 e. The number of fused-ring (bicyclic) bond motifs is 1. The van der Waals surface area contributed by atoms with Crippen LogP contribution in [0.4, 0.5) is 11.5 Å². The summed E-state index contributed by atoms with van der Waals surface area (Å²) in [5.41, 5.74) is 2.83. The number of hydrogen-bond donors (Lipinski definition) is 1. The van der Waals surface area contributed by atoms with Crippen molar-refractivity contribution < 1.29 is 18.0 Å². The number of likely N-dealkylation sites (tertiary alicyclic amines) is 1. The van der Waals surface area contributed by atoms with Gasteiger partial charge in [-0.05, 0) is 69.0 Å². The van der Waals surface area contributed by atoms with Gasteiger partial charge >= 0.3 is 0 Å². The number of carbonyl (C=O) groups is 2. The summed E-state index contributed by atoms with van der Waals surface area (Å²) in [4.78, 5) is 32.0. The number of pyridine rings is 1. The number of hydrogen-bond acceptors (Lipinski definition) is 5. The SMILES string of the molecule is Cc1cccc(NC(=O)C2CCCN(C(=O)c3ccc4c(c3)CC(C)N4S(C)(=O)=O)C2)n1. The number of benzene rings is 1. The van der Waals surface area contributed by atoms with Gasteiger partial charge in [0, 0.05) is 30.4 Å². The van der Waals surface area contributed by atoms with E-state index in [9.17, 15) is 18.0 Å². The van der Waals surface area contributed by atoms with E-state index < -0.39 is 10.0 Å². The first-order valence-corrected chi connectivity index (χ1v) is 12.6. The van der Waals surface area contributed by atoms with Crippen molar-refractivity contribution in [3.63, 3.8) is 0 Å². The first-order valence-electron chi connectivity index (χ1n) is 10.8. The van der Waals surface area contributed by atoms with Gasteiger partial charge in [-0.3, -0.25) is 13.9 Å². The number of anilines is 2. The molecule has 32 heavy (non-hydrogen) atoms. The van der Waals surface area contributed by atoms with E-state index in [0.717, 1.165) is 17.7 Å². The molecule has 0 bridgehead atoms. The average molecular weight is 457 g/mol. The summed E-state index contributed by atoms with van der Waals surface area (Å²) in [5, 5.41) is 2.86. The number of amides is 2. The first kappa shape index (κ1) is 22.3. The van der Waals surface area contributed by atoms with Gasteiger partial charge in [-0.2, -0.15) is 0 Å². The van der Waals surface area contributed by atoms with Gasteiger partial charge in [-0.1, -0.05) is 6.07 Å². The second kappa shape index (κ2) is 8.54. The minimum atomic E-state index is -3.38. The van der Waals surface area contributed by atoms with E-state index in [1.54, 1.807) is 29.2 Å². The van der Waals surface area contributed by atoms with Crippen LogP contribution >= 0.6 is 0 Å². The molecule has 1 N–H and O–H groups in total. The van der Waals surface area contributed by atoms with Crippen LogP contribution in [0.1, 0.15) is 41.4 Å². The van der Waals surface area contributed by atoms with Crippen molar-refractivity contribution in [2.24, 2.45) is 5.92 Å². The predicted octanol–water partition coefficient (Wildman–Crippen LogP) is 2.59. The molecule has 2 aliphatic heterocycles. The highest BCUT2D eigenvalue weighted by Gasteiger charge is 2.34. The summed E-state index contributed by atoms with van der Waals surface area (Å²) in [6.45, 7) is 4.66. The Balaban J connectivity index is 1.47. The number of nitrogens with zero attached hydrogens (tertiary/aromatic N) is 3. The van der Waals surface area contributed by atoms with Crippen LogP contribution in [0.5, 0.6) is 0 Å². The third-order valence-electron chi connectivity index (χ3n) is 6.06. The maximum Gasteiger partial charge on any atom is 0.253 e. The van der Waals surface area contributed by atoms with E-state index in [0.29, 0.717) is 43.0 Å². The van der Waals surface area contributed by atoms with Crippen LogP contribution in [0.15, 0.2) is 36.4 Å². The predicted molar refractivity (Wildman–Crippen MR) is 123 cm³/mol. The molecule has 1 aromatic heterocycles. The summed E-state index contributed by atoms with van der Waals surface area (Å²) < 4.78 is 25.7. The summed E-state index contributed by atoms with van der Waals surface area (Å²) in [7, 11) is -3.38. The zero-order valence-corrected chi connectivity index (χ0v) is 19.4. The third-order valence-corrected chi connectivity index (χ3v) is 7.33. The molecule has 0 radical (unpaired) electrons. The number of sulfonamides is 1. The zero-order valence-electron chi connectivity index (χ0n) is 18.5. The summed E-state index contributed by atoms with van der Waals surface area (Å²) in [6, 6.07) is 10.5. The molecule has 2 unspecified atom stereocenters. The lowest BCUT2D eigenvalue weighted by Crippen LogP contribution is -2.43. The van der Waals surface area contributed by atoms with Crippen LogP contribution in [0.3, 0.4) is 0 Å². The lowest BCUT2D eigenvalue weighted by Gasteiger charge is -2.32. The van der Waals surface area contributed by atoms with E-state index >= 15 is 0 Å². The normalized spacial score (nSPS) is 20.7. The molecule has 2 aliphatic rings. The highest BCUT2D eigenvalue weighted by atomic mass is 32.2. The van der Waals surface area contributed by atoms with Crippen LogP contribution < -0.4 is 9.62 Å². The Kier molecular flexibility index (Phi) is 5.94. The Morgan fingerprint density at radius 2 is 1.97 bits per heavy atom. The summed E-state index contributed by atoms with van der Waals surface area (Å²) >= 11 is 0. The number of nitrogens with one attached hydrogen (secondary N) is 1. The molecule has 3 heterocycles. The van der Waals surface area contributed by atoms with Crippen molar-refractivity contribution in [2.45, 2.75) is 39.2 Å². The summed E-state index contributed by atoms with van der Waals surface area (Å²) in [6.07, 6.45) is 3.22. The quantitative estimate of drug-likeness (QED) is 0.762. The molecular formula is C23H28N4O4S. The molecule has 0 spiro atoms. The van der Waals surface area contributed by atoms with E-state index in [1.807, 2.05) is 26.0 Å². The van der Waals surface area contributed by atoms with Gasteiger partial charge in [0.25, 0.3) is 5.91 Å². The third kappa shape index (κ3) is 4.48. The minimum Gasteiger partial charge on any atom is -0.338 e. The fraction of sp³-hybridized carbons (Fsp3) is 0.435.